The zero-order chi connectivity index (χ0) is 24.9. The van der Waals surface area contributed by atoms with Crippen molar-refractivity contribution < 1.29 is 27.1 Å². The van der Waals surface area contributed by atoms with Gasteiger partial charge in [-0.2, -0.15) is 5.10 Å². The molecule has 0 saturated carbocycles. The van der Waals surface area contributed by atoms with Crippen molar-refractivity contribution in [1.82, 2.24) is 24.6 Å². The van der Waals surface area contributed by atoms with Gasteiger partial charge in [-0.05, 0) is 44.9 Å². The first-order valence-electron chi connectivity index (χ1n) is 11.5. The summed E-state index contributed by atoms with van der Waals surface area (Å²) in [6.07, 6.45) is 6.36. The van der Waals surface area contributed by atoms with E-state index in [9.17, 15) is 17.6 Å². The smallest absolute Gasteiger partial charge is 0.410 e. The van der Waals surface area contributed by atoms with Gasteiger partial charge in [-0.3, -0.25) is 0 Å². The molecule has 12 heteroatoms. The van der Waals surface area contributed by atoms with Gasteiger partial charge in [0.1, 0.15) is 29.3 Å². The van der Waals surface area contributed by atoms with E-state index in [4.69, 9.17) is 9.47 Å². The molecule has 0 N–H and O–H groups in total. The summed E-state index contributed by atoms with van der Waals surface area (Å²) < 4.78 is 51.2. The van der Waals surface area contributed by atoms with Gasteiger partial charge in [0.25, 0.3) is 0 Å². The number of aromatic nitrogens is 4. The molecule has 0 spiro atoms. The van der Waals surface area contributed by atoms with E-state index in [-0.39, 0.29) is 41.0 Å². The highest BCUT2D eigenvalue weighted by Crippen LogP contribution is 2.38. The third kappa shape index (κ3) is 4.42. The molecule has 0 aliphatic carbocycles. The lowest BCUT2D eigenvalue weighted by Gasteiger charge is -2.38. The minimum Gasteiger partial charge on any atom is -0.474 e. The van der Waals surface area contributed by atoms with Crippen LogP contribution in [-0.4, -0.2) is 69.7 Å². The van der Waals surface area contributed by atoms with Gasteiger partial charge in [-0.1, -0.05) is 0 Å². The Morgan fingerprint density at radius 2 is 1.89 bits per heavy atom. The number of rotatable bonds is 5. The second-order valence-electron chi connectivity index (χ2n) is 9.29. The third-order valence-electron chi connectivity index (χ3n) is 6.42. The highest BCUT2D eigenvalue weighted by Gasteiger charge is 2.45. The predicted molar refractivity (Wildman–Crippen MR) is 124 cm³/mol. The fourth-order valence-corrected chi connectivity index (χ4v) is 5.56. The van der Waals surface area contributed by atoms with Gasteiger partial charge in [-0.15, -0.1) is 0 Å². The second-order valence-corrected chi connectivity index (χ2v) is 11.3. The van der Waals surface area contributed by atoms with Gasteiger partial charge in [0, 0.05) is 31.2 Å². The van der Waals surface area contributed by atoms with E-state index < -0.39 is 15.7 Å². The Balaban J connectivity index is 1.38. The number of benzene rings is 1. The Kier molecular flexibility index (Phi) is 5.86. The van der Waals surface area contributed by atoms with Crippen molar-refractivity contribution in [1.29, 1.82) is 0 Å². The second kappa shape index (κ2) is 8.74. The number of halogens is 1. The van der Waals surface area contributed by atoms with Gasteiger partial charge >= 0.3 is 6.09 Å². The number of ether oxygens (including phenoxy) is 2. The SMILES string of the molecule is CC(C)OC(=O)N1[C@H]2CC[C@H]1CC(Oc1ncnc3c1cnn3-c1ccc(S(C)(=O)=O)cc1F)C2. The molecule has 2 aliphatic heterocycles. The van der Waals surface area contributed by atoms with Crippen molar-refractivity contribution in [3.63, 3.8) is 0 Å². The average molecular weight is 504 g/mol. The Bertz CT molecular complexity index is 1380. The number of sulfone groups is 1. The first-order valence-corrected chi connectivity index (χ1v) is 13.3. The summed E-state index contributed by atoms with van der Waals surface area (Å²) in [5.41, 5.74) is 0.397. The summed E-state index contributed by atoms with van der Waals surface area (Å²) >= 11 is 0. The molecule has 186 valence electrons. The molecule has 2 aliphatic rings. The number of hydrogen-bond donors (Lipinski definition) is 0. The Labute approximate surface area is 202 Å². The van der Waals surface area contributed by atoms with E-state index in [0.717, 1.165) is 25.2 Å². The first-order chi connectivity index (χ1) is 16.6. The molecule has 5 rings (SSSR count). The summed E-state index contributed by atoms with van der Waals surface area (Å²) in [5.74, 6) is -0.409. The largest absolute Gasteiger partial charge is 0.474 e. The summed E-state index contributed by atoms with van der Waals surface area (Å²) in [4.78, 5) is 22.8. The number of piperidine rings is 1. The minimum absolute atomic E-state index is 0.0486. The third-order valence-corrected chi connectivity index (χ3v) is 7.53. The molecule has 2 bridgehead atoms. The minimum atomic E-state index is -3.54. The van der Waals surface area contributed by atoms with Crippen LogP contribution in [0.5, 0.6) is 5.88 Å². The van der Waals surface area contributed by atoms with Crippen molar-refractivity contribution in [3.05, 3.63) is 36.5 Å². The van der Waals surface area contributed by atoms with Crippen LogP contribution in [0.3, 0.4) is 0 Å². The zero-order valence-corrected chi connectivity index (χ0v) is 20.4. The molecular formula is C23H26FN5O5S. The molecule has 2 fully saturated rings. The van der Waals surface area contributed by atoms with Crippen LogP contribution < -0.4 is 4.74 Å². The lowest BCUT2D eigenvalue weighted by atomic mass is 10.0. The maximum atomic E-state index is 14.8. The summed E-state index contributed by atoms with van der Waals surface area (Å²) in [7, 11) is -3.54. The molecule has 10 nitrogen and oxygen atoms in total. The van der Waals surface area contributed by atoms with Crippen LogP contribution in [0.4, 0.5) is 9.18 Å². The molecule has 0 unspecified atom stereocenters. The summed E-state index contributed by atoms with van der Waals surface area (Å²) in [6.45, 7) is 3.67. The fourth-order valence-electron chi connectivity index (χ4n) is 4.92. The van der Waals surface area contributed by atoms with Crippen molar-refractivity contribution in [3.8, 4) is 11.6 Å². The van der Waals surface area contributed by atoms with E-state index in [1.807, 2.05) is 18.7 Å². The van der Waals surface area contributed by atoms with Crippen molar-refractivity contribution in [2.24, 2.45) is 0 Å². The van der Waals surface area contributed by atoms with E-state index in [1.54, 1.807) is 0 Å². The monoisotopic (exact) mass is 503 g/mol. The molecule has 0 radical (unpaired) electrons. The van der Waals surface area contributed by atoms with Gasteiger partial charge < -0.3 is 14.4 Å². The first kappa shape index (κ1) is 23.5. The van der Waals surface area contributed by atoms with Gasteiger partial charge in [0.05, 0.1) is 17.2 Å². The Morgan fingerprint density at radius 3 is 2.51 bits per heavy atom. The maximum absolute atomic E-state index is 14.8. The summed E-state index contributed by atoms with van der Waals surface area (Å²) in [5, 5.41) is 4.76. The average Bonchev–Trinajstić information content (AvgIpc) is 3.32. The number of hydrogen-bond acceptors (Lipinski definition) is 8. The molecule has 3 aromatic rings. The number of amides is 1. The van der Waals surface area contributed by atoms with Crippen molar-refractivity contribution in [2.45, 2.75) is 68.7 Å². The molecule has 1 amide bonds. The number of carbonyl (C=O) groups is 1. The predicted octanol–water partition coefficient (Wildman–Crippen LogP) is 3.28. The Morgan fingerprint density at radius 1 is 1.17 bits per heavy atom. The normalized spacial score (nSPS) is 22.1. The van der Waals surface area contributed by atoms with E-state index in [2.05, 4.69) is 15.1 Å². The number of fused-ring (bicyclic) bond motifs is 3. The Hall–Kier alpha value is -3.28. The van der Waals surface area contributed by atoms with Crippen LogP contribution in [0.1, 0.15) is 39.5 Å². The highest BCUT2D eigenvalue weighted by molar-refractivity contribution is 7.90. The lowest BCUT2D eigenvalue weighted by Crippen LogP contribution is -2.49. The summed E-state index contributed by atoms with van der Waals surface area (Å²) in [6, 6.07) is 3.74. The standard InChI is InChI=1S/C23H26FN5O5S/c1-13(2)33-23(30)28-14-4-5-15(28)9-16(8-14)34-22-18-11-27-29(21(18)25-12-26-22)20-7-6-17(10-19(20)24)35(3,31)32/h6-7,10-16H,4-5,8-9H2,1-3H3/t14-,15-/m0/s1. The van der Waals surface area contributed by atoms with Crippen molar-refractivity contribution in [2.75, 3.05) is 6.26 Å². The van der Waals surface area contributed by atoms with Crippen LogP contribution in [0.2, 0.25) is 0 Å². The van der Waals surface area contributed by atoms with Crippen LogP contribution in [0.15, 0.2) is 35.6 Å². The van der Waals surface area contributed by atoms with E-state index in [0.29, 0.717) is 29.8 Å². The van der Waals surface area contributed by atoms with Crippen LogP contribution in [0, 0.1) is 5.82 Å². The van der Waals surface area contributed by atoms with Gasteiger partial charge in [0.15, 0.2) is 15.5 Å². The van der Waals surface area contributed by atoms with E-state index in [1.165, 1.54) is 29.3 Å². The highest BCUT2D eigenvalue weighted by atomic mass is 32.2. The van der Waals surface area contributed by atoms with Crippen LogP contribution in [-0.2, 0) is 14.6 Å². The lowest BCUT2D eigenvalue weighted by molar-refractivity contribution is 0.0212. The van der Waals surface area contributed by atoms with Gasteiger partial charge in [0.2, 0.25) is 5.88 Å². The van der Waals surface area contributed by atoms with E-state index >= 15 is 0 Å². The van der Waals surface area contributed by atoms with Crippen molar-refractivity contribution >= 4 is 27.0 Å². The topological polar surface area (TPSA) is 117 Å². The maximum Gasteiger partial charge on any atom is 0.410 e. The molecule has 2 saturated heterocycles. The molecule has 4 heterocycles. The number of nitrogens with zero attached hydrogens (tertiary/aromatic N) is 5. The van der Waals surface area contributed by atoms with Crippen LogP contribution in [0.25, 0.3) is 16.7 Å². The number of carbonyl (C=O) groups excluding carboxylic acids is 1. The molecule has 2 aromatic heterocycles. The molecular weight excluding hydrogens is 477 g/mol. The molecule has 2 atom stereocenters. The van der Waals surface area contributed by atoms with Crippen LogP contribution >= 0.6 is 0 Å². The molecule has 35 heavy (non-hydrogen) atoms. The van der Waals surface area contributed by atoms with Gasteiger partial charge in [-0.25, -0.2) is 32.3 Å². The quantitative estimate of drug-likeness (QED) is 0.521. The molecule has 1 aromatic carbocycles. The fraction of sp³-hybridized carbons (Fsp3) is 0.478. The zero-order valence-electron chi connectivity index (χ0n) is 19.6.